The van der Waals surface area contributed by atoms with Crippen LogP contribution in [0.2, 0.25) is 0 Å². The number of benzene rings is 1. The third-order valence-electron chi connectivity index (χ3n) is 4.21. The summed E-state index contributed by atoms with van der Waals surface area (Å²) in [5.74, 6) is 0. The Morgan fingerprint density at radius 3 is 2.25 bits per heavy atom. The molecule has 0 amide bonds. The summed E-state index contributed by atoms with van der Waals surface area (Å²) >= 11 is 3.09. The Labute approximate surface area is 152 Å². The molecular formula is C17H22N2O2S3. The van der Waals surface area contributed by atoms with E-state index in [0.29, 0.717) is 17.3 Å². The number of thiophene rings is 1. The summed E-state index contributed by atoms with van der Waals surface area (Å²) in [6.45, 7) is 5.47. The first-order chi connectivity index (χ1) is 11.5. The lowest BCUT2D eigenvalue weighted by atomic mass is 10.2. The molecule has 1 aromatic carbocycles. The van der Waals surface area contributed by atoms with E-state index >= 15 is 0 Å². The van der Waals surface area contributed by atoms with Crippen LogP contribution in [-0.4, -0.2) is 50.1 Å². The van der Waals surface area contributed by atoms with E-state index in [9.17, 15) is 8.42 Å². The van der Waals surface area contributed by atoms with Gasteiger partial charge in [-0.05, 0) is 43.0 Å². The minimum absolute atomic E-state index is 0.459. The summed E-state index contributed by atoms with van der Waals surface area (Å²) in [6.07, 6.45) is 2.07. The molecule has 0 radical (unpaired) electrons. The maximum Gasteiger partial charge on any atom is 0.252 e. The fourth-order valence-electron chi connectivity index (χ4n) is 2.80. The molecule has 0 bridgehead atoms. The summed E-state index contributed by atoms with van der Waals surface area (Å²) in [7, 11) is -3.32. The van der Waals surface area contributed by atoms with Crippen molar-refractivity contribution >= 4 is 33.1 Å². The SMILES string of the molecule is CSc1ccc(CN2CCN(S(=O)(=O)c3ccc(C)s3)CC2)cc1. The molecule has 1 saturated heterocycles. The molecule has 130 valence electrons. The summed E-state index contributed by atoms with van der Waals surface area (Å²) in [5.41, 5.74) is 1.28. The fraction of sp³-hybridized carbons (Fsp3) is 0.412. The number of hydrogen-bond donors (Lipinski definition) is 0. The predicted molar refractivity (Wildman–Crippen MR) is 101 cm³/mol. The Morgan fingerprint density at radius 2 is 1.71 bits per heavy atom. The predicted octanol–water partition coefficient (Wildman–Crippen LogP) is 3.28. The zero-order valence-electron chi connectivity index (χ0n) is 13.9. The highest BCUT2D eigenvalue weighted by Gasteiger charge is 2.29. The average Bonchev–Trinajstić information content (AvgIpc) is 3.03. The zero-order chi connectivity index (χ0) is 17.2. The van der Waals surface area contributed by atoms with E-state index in [4.69, 9.17) is 0 Å². The van der Waals surface area contributed by atoms with Gasteiger partial charge in [-0.25, -0.2) is 8.42 Å². The molecule has 2 aromatic rings. The number of piperazine rings is 1. The molecule has 1 aliphatic heterocycles. The molecule has 24 heavy (non-hydrogen) atoms. The van der Waals surface area contributed by atoms with Crippen molar-refractivity contribution in [3.63, 3.8) is 0 Å². The normalized spacial score (nSPS) is 17.2. The number of thioether (sulfide) groups is 1. The second-order valence-electron chi connectivity index (χ2n) is 5.89. The molecule has 1 aliphatic rings. The molecule has 0 saturated carbocycles. The van der Waals surface area contributed by atoms with Crippen molar-refractivity contribution in [2.24, 2.45) is 0 Å². The van der Waals surface area contributed by atoms with Crippen molar-refractivity contribution in [1.29, 1.82) is 0 Å². The second-order valence-corrected chi connectivity index (χ2v) is 10.2. The largest absolute Gasteiger partial charge is 0.296 e. The van der Waals surface area contributed by atoms with Crippen molar-refractivity contribution in [3.05, 3.63) is 46.8 Å². The number of sulfonamides is 1. The van der Waals surface area contributed by atoms with Gasteiger partial charge in [0, 0.05) is 42.5 Å². The van der Waals surface area contributed by atoms with E-state index in [-0.39, 0.29) is 0 Å². The Kier molecular flexibility index (Phi) is 5.66. The quantitative estimate of drug-likeness (QED) is 0.744. The number of hydrogen-bond acceptors (Lipinski definition) is 5. The van der Waals surface area contributed by atoms with E-state index in [1.807, 2.05) is 13.0 Å². The molecule has 1 aromatic heterocycles. The lowest BCUT2D eigenvalue weighted by molar-refractivity contribution is 0.182. The van der Waals surface area contributed by atoms with E-state index < -0.39 is 10.0 Å². The minimum Gasteiger partial charge on any atom is -0.296 e. The van der Waals surface area contributed by atoms with Crippen LogP contribution in [0.1, 0.15) is 10.4 Å². The van der Waals surface area contributed by atoms with Crippen LogP contribution in [0.5, 0.6) is 0 Å². The van der Waals surface area contributed by atoms with Crippen molar-refractivity contribution in [3.8, 4) is 0 Å². The first-order valence-electron chi connectivity index (χ1n) is 7.91. The summed E-state index contributed by atoms with van der Waals surface area (Å²) in [5, 5.41) is 0. The number of rotatable bonds is 5. The molecule has 0 atom stereocenters. The minimum atomic E-state index is -3.32. The molecule has 0 unspecified atom stereocenters. The highest BCUT2D eigenvalue weighted by molar-refractivity contribution is 7.98. The molecule has 3 rings (SSSR count). The molecule has 1 fully saturated rings. The van der Waals surface area contributed by atoms with E-state index in [1.54, 1.807) is 22.1 Å². The third-order valence-corrected chi connectivity index (χ3v) is 8.32. The van der Waals surface area contributed by atoms with E-state index in [0.717, 1.165) is 24.5 Å². The van der Waals surface area contributed by atoms with Gasteiger partial charge in [-0.15, -0.1) is 23.1 Å². The number of nitrogens with zero attached hydrogens (tertiary/aromatic N) is 2. The van der Waals surface area contributed by atoms with Crippen LogP contribution in [0.15, 0.2) is 45.5 Å². The van der Waals surface area contributed by atoms with Crippen LogP contribution < -0.4 is 0 Å². The van der Waals surface area contributed by atoms with Gasteiger partial charge in [-0.1, -0.05) is 12.1 Å². The Hall–Kier alpha value is -0.860. The summed E-state index contributed by atoms with van der Waals surface area (Å²) in [4.78, 5) is 4.61. The first-order valence-corrected chi connectivity index (χ1v) is 11.4. The van der Waals surface area contributed by atoms with Crippen molar-refractivity contribution < 1.29 is 8.42 Å². The van der Waals surface area contributed by atoms with Gasteiger partial charge in [0.05, 0.1) is 0 Å². The maximum absolute atomic E-state index is 12.7. The fourth-order valence-corrected chi connectivity index (χ4v) is 6.06. The van der Waals surface area contributed by atoms with Gasteiger partial charge in [0.2, 0.25) is 0 Å². The van der Waals surface area contributed by atoms with Crippen molar-refractivity contribution in [1.82, 2.24) is 9.21 Å². The lowest BCUT2D eigenvalue weighted by Crippen LogP contribution is -2.48. The van der Waals surface area contributed by atoms with Gasteiger partial charge in [0.25, 0.3) is 10.0 Å². The average molecular weight is 383 g/mol. The molecule has 4 nitrogen and oxygen atoms in total. The number of aryl methyl sites for hydroxylation is 1. The topological polar surface area (TPSA) is 40.6 Å². The molecular weight excluding hydrogens is 360 g/mol. The Balaban J connectivity index is 1.59. The highest BCUT2D eigenvalue weighted by atomic mass is 32.2. The van der Waals surface area contributed by atoms with Gasteiger partial charge in [0.15, 0.2) is 0 Å². The molecule has 2 heterocycles. The summed E-state index contributed by atoms with van der Waals surface area (Å²) < 4.78 is 27.4. The lowest BCUT2D eigenvalue weighted by Gasteiger charge is -2.33. The molecule has 0 spiro atoms. The van der Waals surface area contributed by atoms with Crippen LogP contribution in [0.25, 0.3) is 0 Å². The van der Waals surface area contributed by atoms with E-state index in [2.05, 4.69) is 35.4 Å². The van der Waals surface area contributed by atoms with Gasteiger partial charge in [0.1, 0.15) is 4.21 Å². The van der Waals surface area contributed by atoms with Crippen molar-refractivity contribution in [2.45, 2.75) is 22.6 Å². The maximum atomic E-state index is 12.7. The van der Waals surface area contributed by atoms with Gasteiger partial charge in [-0.3, -0.25) is 4.90 Å². The van der Waals surface area contributed by atoms with Gasteiger partial charge < -0.3 is 0 Å². The van der Waals surface area contributed by atoms with Gasteiger partial charge in [-0.2, -0.15) is 4.31 Å². The zero-order valence-corrected chi connectivity index (χ0v) is 16.4. The third kappa shape index (κ3) is 4.03. The second kappa shape index (κ2) is 7.58. The van der Waals surface area contributed by atoms with Crippen LogP contribution in [0.4, 0.5) is 0 Å². The van der Waals surface area contributed by atoms with Crippen LogP contribution >= 0.6 is 23.1 Å². The molecule has 0 N–H and O–H groups in total. The van der Waals surface area contributed by atoms with Crippen molar-refractivity contribution in [2.75, 3.05) is 32.4 Å². The smallest absolute Gasteiger partial charge is 0.252 e. The highest BCUT2D eigenvalue weighted by Crippen LogP contribution is 2.25. The molecule has 0 aliphatic carbocycles. The van der Waals surface area contributed by atoms with Crippen LogP contribution in [-0.2, 0) is 16.6 Å². The summed E-state index contributed by atoms with van der Waals surface area (Å²) in [6, 6.07) is 12.2. The van der Waals surface area contributed by atoms with Gasteiger partial charge >= 0.3 is 0 Å². The van der Waals surface area contributed by atoms with Crippen LogP contribution in [0, 0.1) is 6.92 Å². The van der Waals surface area contributed by atoms with Crippen LogP contribution in [0.3, 0.4) is 0 Å². The standard InChI is InChI=1S/C17H22N2O2S3/c1-14-3-8-17(23-14)24(20,21)19-11-9-18(10-12-19)13-15-4-6-16(22-2)7-5-15/h3-8H,9-13H2,1-2H3. The monoisotopic (exact) mass is 382 g/mol. The Bertz CT molecular complexity index is 776. The Morgan fingerprint density at radius 1 is 1.04 bits per heavy atom. The first kappa shape index (κ1) is 17.9. The van der Waals surface area contributed by atoms with E-state index in [1.165, 1.54) is 21.8 Å². The molecule has 7 heteroatoms.